The van der Waals surface area contributed by atoms with Crippen molar-refractivity contribution in [2.24, 2.45) is 16.5 Å². The number of imidazole rings is 1. The van der Waals surface area contributed by atoms with Crippen molar-refractivity contribution in [3.8, 4) is 0 Å². The van der Waals surface area contributed by atoms with Crippen molar-refractivity contribution in [3.05, 3.63) is 70.8 Å². The summed E-state index contributed by atoms with van der Waals surface area (Å²) in [5.74, 6) is -0.0799. The molecule has 0 fully saturated rings. The van der Waals surface area contributed by atoms with Gasteiger partial charge >= 0.3 is 0 Å². The van der Waals surface area contributed by atoms with Crippen LogP contribution in [0.1, 0.15) is 11.4 Å². The molecule has 0 radical (unpaired) electrons. The molecule has 1 aliphatic rings. The number of halogens is 2. The highest BCUT2D eigenvalue weighted by Crippen LogP contribution is 2.27. The molecule has 26 heavy (non-hydrogen) atoms. The third kappa shape index (κ3) is 2.71. The quantitative estimate of drug-likeness (QED) is 0.646. The molecule has 1 unspecified atom stereocenters. The Labute approximate surface area is 154 Å². The molecule has 2 aromatic carbocycles. The highest BCUT2D eigenvalue weighted by Gasteiger charge is 2.32. The predicted octanol–water partition coefficient (Wildman–Crippen LogP) is 2.67. The molecule has 0 aliphatic carbocycles. The highest BCUT2D eigenvalue weighted by atomic mass is 35.5. The number of rotatable bonds is 2. The number of nitrogens with two attached hydrogens (primary N) is 2. The van der Waals surface area contributed by atoms with Gasteiger partial charge in [0.15, 0.2) is 0 Å². The Bertz CT molecular complexity index is 1070. The van der Waals surface area contributed by atoms with Gasteiger partial charge in [-0.2, -0.15) is 0 Å². The first-order chi connectivity index (χ1) is 12.4. The Morgan fingerprint density at radius 3 is 2.65 bits per heavy atom. The van der Waals surface area contributed by atoms with Gasteiger partial charge in [-0.1, -0.05) is 23.7 Å². The number of hydrogen-bond acceptors (Lipinski definition) is 5. The lowest BCUT2D eigenvalue weighted by atomic mass is 10.1. The molecule has 0 saturated heterocycles. The van der Waals surface area contributed by atoms with Crippen LogP contribution in [0, 0.1) is 12.7 Å². The second kappa shape index (κ2) is 5.82. The van der Waals surface area contributed by atoms with Crippen LogP contribution in [-0.2, 0) is 5.79 Å². The molecule has 0 amide bonds. The number of fused-ring (bicyclic) bond motifs is 1. The first-order valence-electron chi connectivity index (χ1n) is 7.91. The van der Waals surface area contributed by atoms with E-state index in [1.807, 2.05) is 11.5 Å². The average molecular weight is 371 g/mol. The van der Waals surface area contributed by atoms with Crippen LogP contribution in [-0.4, -0.2) is 15.4 Å². The van der Waals surface area contributed by atoms with E-state index >= 15 is 0 Å². The summed E-state index contributed by atoms with van der Waals surface area (Å²) in [6.07, 6.45) is 1.67. The van der Waals surface area contributed by atoms with Crippen molar-refractivity contribution in [2.75, 3.05) is 0 Å². The van der Waals surface area contributed by atoms with Crippen molar-refractivity contribution < 1.29 is 4.39 Å². The maximum Gasteiger partial charge on any atom is 0.212 e. The van der Waals surface area contributed by atoms with E-state index in [-0.39, 0.29) is 11.7 Å². The Kier molecular flexibility index (Phi) is 3.71. The van der Waals surface area contributed by atoms with E-state index in [2.05, 4.69) is 15.3 Å². The molecule has 0 spiro atoms. The maximum absolute atomic E-state index is 13.5. The molecule has 0 saturated carbocycles. The fourth-order valence-corrected chi connectivity index (χ4v) is 3.20. The van der Waals surface area contributed by atoms with Gasteiger partial charge in [0.1, 0.15) is 23.3 Å². The predicted molar refractivity (Wildman–Crippen MR) is 101 cm³/mol. The molecule has 6 nitrogen and oxygen atoms in total. The van der Waals surface area contributed by atoms with Gasteiger partial charge in [0.2, 0.25) is 5.79 Å². The van der Waals surface area contributed by atoms with Crippen LogP contribution in [0.15, 0.2) is 53.5 Å². The molecular weight excluding hydrogens is 355 g/mol. The lowest BCUT2D eigenvalue weighted by Crippen LogP contribution is -2.52. The summed E-state index contributed by atoms with van der Waals surface area (Å²) in [4.78, 5) is 8.76. The minimum Gasteiger partial charge on any atom is -0.384 e. The number of nitrogens with one attached hydrogen (secondary N) is 1. The normalized spacial score (nSPS) is 19.8. The summed E-state index contributed by atoms with van der Waals surface area (Å²) < 4.78 is 15.3. The van der Waals surface area contributed by atoms with Gasteiger partial charge in [-0.3, -0.25) is 10.3 Å². The molecule has 0 bridgehead atoms. The van der Waals surface area contributed by atoms with Gasteiger partial charge < -0.3 is 11.1 Å². The molecule has 1 aromatic heterocycles. The van der Waals surface area contributed by atoms with Gasteiger partial charge in [0.05, 0.1) is 11.0 Å². The van der Waals surface area contributed by atoms with Crippen LogP contribution in [0.3, 0.4) is 0 Å². The van der Waals surface area contributed by atoms with Gasteiger partial charge in [0.25, 0.3) is 0 Å². The molecule has 1 aliphatic heterocycles. The van der Waals surface area contributed by atoms with Crippen molar-refractivity contribution in [1.82, 2.24) is 14.9 Å². The van der Waals surface area contributed by atoms with Crippen molar-refractivity contribution in [2.45, 2.75) is 12.7 Å². The molecule has 3 aromatic rings. The molecule has 5 N–H and O–H groups in total. The van der Waals surface area contributed by atoms with E-state index in [9.17, 15) is 4.39 Å². The van der Waals surface area contributed by atoms with Crippen molar-refractivity contribution >= 4 is 34.3 Å². The van der Waals surface area contributed by atoms with E-state index in [0.29, 0.717) is 27.7 Å². The zero-order valence-corrected chi connectivity index (χ0v) is 14.6. The summed E-state index contributed by atoms with van der Waals surface area (Å²) >= 11 is 5.96. The minimum atomic E-state index is -1.26. The lowest BCUT2D eigenvalue weighted by Gasteiger charge is -2.33. The second-order valence-electron chi connectivity index (χ2n) is 6.09. The summed E-state index contributed by atoms with van der Waals surface area (Å²) in [5.41, 5.74) is 14.5. The van der Waals surface area contributed by atoms with Crippen molar-refractivity contribution in [3.63, 3.8) is 0 Å². The minimum absolute atomic E-state index is 0.263. The van der Waals surface area contributed by atoms with Crippen LogP contribution >= 0.6 is 11.6 Å². The molecule has 4 rings (SSSR count). The first-order valence-corrected chi connectivity index (χ1v) is 8.29. The Morgan fingerprint density at radius 2 is 1.92 bits per heavy atom. The average Bonchev–Trinajstić information content (AvgIpc) is 2.89. The van der Waals surface area contributed by atoms with Gasteiger partial charge in [0, 0.05) is 22.7 Å². The number of benzene rings is 2. The van der Waals surface area contributed by atoms with Gasteiger partial charge in [-0.25, -0.2) is 14.4 Å². The fraction of sp³-hybridized carbons (Fsp3) is 0.111. The first kappa shape index (κ1) is 16.6. The highest BCUT2D eigenvalue weighted by molar-refractivity contribution is 6.30. The smallest absolute Gasteiger partial charge is 0.212 e. The number of aliphatic imine (C=N–C) groups is 1. The Balaban J connectivity index is 1.83. The number of aryl methyl sites for hydroxylation is 1. The second-order valence-corrected chi connectivity index (χ2v) is 6.53. The van der Waals surface area contributed by atoms with Crippen molar-refractivity contribution in [1.29, 1.82) is 0 Å². The zero-order chi connectivity index (χ0) is 18.5. The number of aromatic nitrogens is 2. The summed E-state index contributed by atoms with van der Waals surface area (Å²) in [7, 11) is 0. The van der Waals surface area contributed by atoms with Crippen LogP contribution in [0.4, 0.5) is 4.39 Å². The van der Waals surface area contributed by atoms with E-state index in [4.69, 9.17) is 23.1 Å². The summed E-state index contributed by atoms with van der Waals surface area (Å²) in [5, 5.41) is 3.80. The SMILES string of the molecule is Cc1nc2cc(F)ccc2n1C1=CC(N)=NC(N)(c2ccc(Cl)cc2)N1. The summed E-state index contributed by atoms with van der Waals surface area (Å²) in [6.45, 7) is 1.82. The molecule has 132 valence electrons. The van der Waals surface area contributed by atoms with E-state index < -0.39 is 5.79 Å². The lowest BCUT2D eigenvalue weighted by molar-refractivity contribution is 0.411. The molecular formula is C18H16ClFN6. The number of nitrogens with zero attached hydrogens (tertiary/aromatic N) is 3. The van der Waals surface area contributed by atoms with Crippen LogP contribution in [0.5, 0.6) is 0 Å². The van der Waals surface area contributed by atoms with Gasteiger partial charge in [-0.05, 0) is 31.2 Å². The zero-order valence-electron chi connectivity index (χ0n) is 13.9. The standard InChI is InChI=1S/C18H16ClFN6/c1-10-23-14-8-13(20)6-7-15(14)26(10)17-9-16(21)24-18(22,25-17)11-2-4-12(19)5-3-11/h2-9,25H,22H2,1H3,(H2,21,24). The third-order valence-corrected chi connectivity index (χ3v) is 4.47. The Hall–Kier alpha value is -2.90. The van der Waals surface area contributed by atoms with E-state index in [1.54, 1.807) is 36.4 Å². The van der Waals surface area contributed by atoms with E-state index in [1.165, 1.54) is 12.1 Å². The molecule has 1 atom stereocenters. The van der Waals surface area contributed by atoms with Gasteiger partial charge in [-0.15, -0.1) is 0 Å². The third-order valence-electron chi connectivity index (χ3n) is 4.22. The maximum atomic E-state index is 13.5. The molecule has 8 heteroatoms. The molecule has 2 heterocycles. The monoisotopic (exact) mass is 370 g/mol. The van der Waals surface area contributed by atoms with E-state index in [0.717, 1.165) is 5.52 Å². The van der Waals surface area contributed by atoms with Crippen LogP contribution < -0.4 is 16.8 Å². The number of amidine groups is 1. The largest absolute Gasteiger partial charge is 0.384 e. The topological polar surface area (TPSA) is 94.2 Å². The fourth-order valence-electron chi connectivity index (χ4n) is 3.07. The van der Waals surface area contributed by atoms with Crippen LogP contribution in [0.25, 0.3) is 16.9 Å². The number of hydrogen-bond donors (Lipinski definition) is 3. The summed E-state index contributed by atoms with van der Waals surface area (Å²) in [6, 6.07) is 11.5. The van der Waals surface area contributed by atoms with Crippen LogP contribution in [0.2, 0.25) is 5.02 Å². The Morgan fingerprint density at radius 1 is 1.19 bits per heavy atom.